The van der Waals surface area contributed by atoms with Gasteiger partial charge in [0, 0.05) is 30.9 Å². The van der Waals surface area contributed by atoms with Crippen molar-refractivity contribution < 1.29 is 4.79 Å². The number of carbonyl (C=O) groups is 1. The van der Waals surface area contributed by atoms with Crippen molar-refractivity contribution in [2.24, 2.45) is 5.92 Å². The fourth-order valence-corrected chi connectivity index (χ4v) is 3.89. The Kier molecular flexibility index (Phi) is 5.48. The molecule has 0 aliphatic carbocycles. The molecule has 1 atom stereocenters. The molecule has 25 heavy (non-hydrogen) atoms. The van der Waals surface area contributed by atoms with Crippen molar-refractivity contribution in [3.05, 3.63) is 23.7 Å². The van der Waals surface area contributed by atoms with Crippen molar-refractivity contribution in [3.8, 4) is 0 Å². The Bertz CT molecular complexity index is 690. The largest absolute Gasteiger partial charge is 0.337 e. The molecule has 8 heteroatoms. The summed E-state index contributed by atoms with van der Waals surface area (Å²) in [6.45, 7) is 9.55. The van der Waals surface area contributed by atoms with Crippen molar-refractivity contribution >= 4 is 22.4 Å². The average Bonchev–Trinajstić information content (AvgIpc) is 3.18. The van der Waals surface area contributed by atoms with Gasteiger partial charge in [0.25, 0.3) is 0 Å². The zero-order chi connectivity index (χ0) is 17.9. The van der Waals surface area contributed by atoms with E-state index in [4.69, 9.17) is 0 Å². The van der Waals surface area contributed by atoms with Crippen LogP contribution in [0.5, 0.6) is 0 Å². The van der Waals surface area contributed by atoms with Gasteiger partial charge in [-0.15, -0.1) is 10.2 Å². The third kappa shape index (κ3) is 5.09. The maximum Gasteiger partial charge on any atom is 0.240 e. The lowest BCUT2D eigenvalue weighted by molar-refractivity contribution is -0.117. The summed E-state index contributed by atoms with van der Waals surface area (Å²) >= 11 is 1.45. The van der Waals surface area contributed by atoms with Crippen LogP contribution in [-0.2, 0) is 16.8 Å². The number of aromatic nitrogens is 4. The minimum absolute atomic E-state index is 0.0140. The Labute approximate surface area is 152 Å². The summed E-state index contributed by atoms with van der Waals surface area (Å²) < 4.78 is 2.11. The van der Waals surface area contributed by atoms with Crippen molar-refractivity contribution in [2.45, 2.75) is 45.6 Å². The topological polar surface area (TPSA) is 75.9 Å². The lowest BCUT2D eigenvalue weighted by atomic mass is 9.98. The molecule has 3 rings (SSSR count). The first-order chi connectivity index (χ1) is 11.9. The van der Waals surface area contributed by atoms with E-state index in [9.17, 15) is 4.79 Å². The van der Waals surface area contributed by atoms with E-state index in [1.54, 1.807) is 0 Å². The highest BCUT2D eigenvalue weighted by molar-refractivity contribution is 7.15. The Hall–Kier alpha value is -1.80. The molecule has 3 heterocycles. The van der Waals surface area contributed by atoms with Crippen molar-refractivity contribution in [2.75, 3.05) is 25.0 Å². The van der Waals surface area contributed by atoms with Crippen LogP contribution in [0.4, 0.5) is 5.13 Å². The molecule has 0 bridgehead atoms. The molecule has 0 unspecified atom stereocenters. The zero-order valence-electron chi connectivity index (χ0n) is 15.1. The normalized spacial score (nSPS) is 19.1. The molecule has 0 aromatic carbocycles. The number of carbonyl (C=O) groups excluding carboxylic acids is 1. The Morgan fingerprint density at radius 1 is 1.40 bits per heavy atom. The van der Waals surface area contributed by atoms with Crippen molar-refractivity contribution in [1.29, 1.82) is 0 Å². The lowest BCUT2D eigenvalue weighted by Gasteiger charge is -2.32. The third-order valence-electron chi connectivity index (χ3n) is 4.31. The minimum atomic E-state index is -0.0476. The van der Waals surface area contributed by atoms with E-state index in [0.29, 0.717) is 17.6 Å². The van der Waals surface area contributed by atoms with E-state index < -0.39 is 0 Å². The van der Waals surface area contributed by atoms with Gasteiger partial charge in [0.05, 0.1) is 12.9 Å². The van der Waals surface area contributed by atoms with Crippen LogP contribution in [0.2, 0.25) is 0 Å². The van der Waals surface area contributed by atoms with Gasteiger partial charge >= 0.3 is 0 Å². The molecule has 1 aliphatic rings. The second-order valence-corrected chi connectivity index (χ2v) is 8.69. The number of anilines is 1. The molecule has 7 nitrogen and oxygen atoms in total. The molecule has 1 N–H and O–H groups in total. The summed E-state index contributed by atoms with van der Waals surface area (Å²) in [5.74, 6) is 0.546. The highest BCUT2D eigenvalue weighted by Crippen LogP contribution is 2.27. The number of hydrogen-bond acceptors (Lipinski definition) is 6. The molecule has 0 saturated carbocycles. The van der Waals surface area contributed by atoms with E-state index in [-0.39, 0.29) is 11.3 Å². The lowest BCUT2D eigenvalue weighted by Crippen LogP contribution is -2.41. The van der Waals surface area contributed by atoms with E-state index in [2.05, 4.69) is 50.7 Å². The van der Waals surface area contributed by atoms with Gasteiger partial charge in [0.2, 0.25) is 11.0 Å². The first-order valence-electron chi connectivity index (χ1n) is 8.72. The first-order valence-corrected chi connectivity index (χ1v) is 9.54. The van der Waals surface area contributed by atoms with E-state index in [0.717, 1.165) is 31.1 Å². The monoisotopic (exact) mass is 362 g/mol. The summed E-state index contributed by atoms with van der Waals surface area (Å²) in [7, 11) is 0. The molecule has 0 radical (unpaired) electrons. The minimum Gasteiger partial charge on any atom is -0.337 e. The number of imidazole rings is 1. The number of likely N-dealkylation sites (tertiary alicyclic amines) is 1. The van der Waals surface area contributed by atoms with Gasteiger partial charge in [0.1, 0.15) is 5.01 Å². The van der Waals surface area contributed by atoms with Gasteiger partial charge in [0.15, 0.2) is 0 Å². The molecule has 1 fully saturated rings. The second-order valence-electron chi connectivity index (χ2n) is 7.71. The maximum absolute atomic E-state index is 12.3. The highest BCUT2D eigenvalue weighted by Gasteiger charge is 2.23. The number of hydrogen-bond donors (Lipinski definition) is 1. The quantitative estimate of drug-likeness (QED) is 0.884. The van der Waals surface area contributed by atoms with Gasteiger partial charge in [-0.25, -0.2) is 4.98 Å². The standard InChI is InChI=1S/C17H26N6OS/c1-17(2,3)15-20-21-16(25-15)19-14(24)11-22-7-4-5-13(9-22)10-23-8-6-18-12-23/h6,8,12-13H,4-5,7,9-11H2,1-3H3,(H,19,21,24)/t13-/m0/s1. The average molecular weight is 363 g/mol. The fraction of sp³-hybridized carbons (Fsp3) is 0.647. The molecule has 2 aromatic rings. The Balaban J connectivity index is 1.49. The van der Waals surface area contributed by atoms with Crippen LogP contribution < -0.4 is 5.32 Å². The second kappa shape index (κ2) is 7.61. The third-order valence-corrected chi connectivity index (χ3v) is 5.58. The molecule has 1 saturated heterocycles. The summed E-state index contributed by atoms with van der Waals surface area (Å²) in [6, 6.07) is 0. The van der Waals surface area contributed by atoms with E-state index >= 15 is 0 Å². The predicted octanol–water partition coefficient (Wildman–Crippen LogP) is 2.38. The molecular weight excluding hydrogens is 336 g/mol. The van der Waals surface area contributed by atoms with Gasteiger partial charge in [-0.05, 0) is 25.3 Å². The summed E-state index contributed by atoms with van der Waals surface area (Å²) in [6.07, 6.45) is 7.98. The molecular formula is C17H26N6OS. The fourth-order valence-electron chi connectivity index (χ4n) is 3.08. The van der Waals surface area contributed by atoms with Crippen LogP contribution in [0.15, 0.2) is 18.7 Å². The number of nitrogens with one attached hydrogen (secondary N) is 1. The summed E-state index contributed by atoms with van der Waals surface area (Å²) in [5, 5.41) is 12.7. The highest BCUT2D eigenvalue weighted by atomic mass is 32.1. The van der Waals surface area contributed by atoms with Gasteiger partial charge in [-0.2, -0.15) is 0 Å². The zero-order valence-corrected chi connectivity index (χ0v) is 15.9. The van der Waals surface area contributed by atoms with Gasteiger partial charge in [-0.3, -0.25) is 15.0 Å². The van der Waals surface area contributed by atoms with Crippen LogP contribution in [0.1, 0.15) is 38.6 Å². The van der Waals surface area contributed by atoms with Gasteiger partial charge in [-0.1, -0.05) is 32.1 Å². The maximum atomic E-state index is 12.3. The van der Waals surface area contributed by atoms with Crippen LogP contribution in [0, 0.1) is 5.92 Å². The molecule has 2 aromatic heterocycles. The molecule has 1 amide bonds. The Morgan fingerprint density at radius 3 is 2.92 bits per heavy atom. The van der Waals surface area contributed by atoms with Crippen LogP contribution >= 0.6 is 11.3 Å². The van der Waals surface area contributed by atoms with E-state index in [1.807, 2.05) is 18.7 Å². The summed E-state index contributed by atoms with van der Waals surface area (Å²) in [5.41, 5.74) is -0.0476. The number of nitrogens with zero attached hydrogens (tertiary/aromatic N) is 5. The van der Waals surface area contributed by atoms with E-state index in [1.165, 1.54) is 17.8 Å². The van der Waals surface area contributed by atoms with Crippen molar-refractivity contribution in [1.82, 2.24) is 24.6 Å². The molecule has 136 valence electrons. The first kappa shape index (κ1) is 18.0. The summed E-state index contributed by atoms with van der Waals surface area (Å²) in [4.78, 5) is 18.7. The molecule has 1 aliphatic heterocycles. The molecule has 0 spiro atoms. The SMILES string of the molecule is CC(C)(C)c1nnc(NC(=O)CN2CCC[C@H](Cn3ccnc3)C2)s1. The van der Waals surface area contributed by atoms with Gasteiger partial charge < -0.3 is 4.57 Å². The van der Waals surface area contributed by atoms with Crippen LogP contribution in [0.25, 0.3) is 0 Å². The van der Waals surface area contributed by atoms with Crippen molar-refractivity contribution in [3.63, 3.8) is 0 Å². The smallest absolute Gasteiger partial charge is 0.240 e. The Morgan fingerprint density at radius 2 is 2.24 bits per heavy atom. The number of piperidine rings is 1. The number of rotatable bonds is 5. The van der Waals surface area contributed by atoms with Crippen LogP contribution in [-0.4, -0.2) is 50.2 Å². The number of amides is 1. The predicted molar refractivity (Wildman–Crippen MR) is 98.6 cm³/mol. The van der Waals surface area contributed by atoms with Crippen LogP contribution in [0.3, 0.4) is 0 Å².